The predicted molar refractivity (Wildman–Crippen MR) is 134 cm³/mol. The summed E-state index contributed by atoms with van der Waals surface area (Å²) in [6, 6.07) is 25.4. The Kier molecular flexibility index (Phi) is 6.16. The molecule has 0 saturated carbocycles. The van der Waals surface area contributed by atoms with Crippen LogP contribution in [0.5, 0.6) is 0 Å². The zero-order chi connectivity index (χ0) is 24.4. The Hall–Kier alpha value is -4.23. The molecule has 8 heteroatoms. The lowest BCUT2D eigenvalue weighted by atomic mass is 10.1. The normalized spacial score (nSPS) is 10.9. The van der Waals surface area contributed by atoms with Crippen LogP contribution in [0.2, 0.25) is 5.02 Å². The zero-order valence-corrected chi connectivity index (χ0v) is 19.6. The second-order valence-corrected chi connectivity index (χ2v) is 8.44. The number of benzene rings is 3. The molecule has 1 amide bonds. The van der Waals surface area contributed by atoms with E-state index < -0.39 is 0 Å². The minimum Gasteiger partial charge on any atom is -0.304 e. The fraction of sp³-hybridized carbons (Fsp3) is 0.0741. The lowest BCUT2D eigenvalue weighted by Crippen LogP contribution is -2.15. The number of hydrogen-bond donors (Lipinski definition) is 1. The van der Waals surface area contributed by atoms with Gasteiger partial charge in [-0.2, -0.15) is 10.2 Å². The van der Waals surface area contributed by atoms with Crippen molar-refractivity contribution in [2.75, 3.05) is 5.32 Å². The molecule has 2 heterocycles. The molecular weight excluding hydrogens is 465 g/mol. The number of halogens is 2. The maximum Gasteiger partial charge on any atom is 0.261 e. The first-order valence-electron chi connectivity index (χ1n) is 11.0. The Morgan fingerprint density at radius 1 is 0.971 bits per heavy atom. The van der Waals surface area contributed by atoms with Gasteiger partial charge in [0.05, 0.1) is 23.5 Å². The van der Waals surface area contributed by atoms with E-state index in [4.69, 9.17) is 16.7 Å². The highest BCUT2D eigenvalue weighted by Crippen LogP contribution is 2.29. The van der Waals surface area contributed by atoms with Gasteiger partial charge >= 0.3 is 0 Å². The molecule has 174 valence electrons. The molecule has 0 aliphatic rings. The van der Waals surface area contributed by atoms with Crippen LogP contribution in [0, 0.1) is 12.7 Å². The Morgan fingerprint density at radius 2 is 1.69 bits per heavy atom. The van der Waals surface area contributed by atoms with Crippen molar-refractivity contribution in [1.82, 2.24) is 19.6 Å². The second kappa shape index (κ2) is 9.56. The summed E-state index contributed by atoms with van der Waals surface area (Å²) in [5, 5.41) is 12.3. The van der Waals surface area contributed by atoms with Crippen molar-refractivity contribution in [3.63, 3.8) is 0 Å². The molecule has 5 rings (SSSR count). The summed E-state index contributed by atoms with van der Waals surface area (Å²) in [7, 11) is 0. The highest BCUT2D eigenvalue weighted by molar-refractivity contribution is 6.33. The minimum atomic E-state index is -0.374. The topological polar surface area (TPSA) is 64.7 Å². The van der Waals surface area contributed by atoms with Gasteiger partial charge in [-0.3, -0.25) is 9.48 Å². The number of para-hydroxylation sites is 1. The molecule has 5 aromatic rings. The maximum absolute atomic E-state index is 13.5. The second-order valence-electron chi connectivity index (χ2n) is 8.03. The van der Waals surface area contributed by atoms with Crippen LogP contribution in [0.3, 0.4) is 0 Å². The van der Waals surface area contributed by atoms with Crippen LogP contribution in [0.15, 0.2) is 91.1 Å². The Morgan fingerprint density at radius 3 is 2.40 bits per heavy atom. The van der Waals surface area contributed by atoms with Gasteiger partial charge < -0.3 is 5.32 Å². The standard InChI is InChI=1S/C27H21ClFN5O/c1-18-24(25(20-10-4-2-5-11-20)31-34(18)22-13-6-3-7-14-22)27(35)30-26-23(28)17-33(32-26)16-19-9-8-12-21(29)15-19/h2-15,17H,16H2,1H3,(H,30,32,35). The highest BCUT2D eigenvalue weighted by atomic mass is 35.5. The number of carbonyl (C=O) groups is 1. The molecule has 6 nitrogen and oxygen atoms in total. The van der Waals surface area contributed by atoms with Gasteiger partial charge in [-0.1, -0.05) is 72.3 Å². The van der Waals surface area contributed by atoms with Gasteiger partial charge in [0.25, 0.3) is 5.91 Å². The fourth-order valence-corrected chi connectivity index (χ4v) is 4.15. The Bertz CT molecular complexity index is 1500. The van der Waals surface area contributed by atoms with Gasteiger partial charge in [-0.25, -0.2) is 9.07 Å². The first-order chi connectivity index (χ1) is 17.0. The van der Waals surface area contributed by atoms with Crippen LogP contribution in [0.4, 0.5) is 10.2 Å². The third kappa shape index (κ3) is 4.72. The number of rotatable bonds is 6. The van der Waals surface area contributed by atoms with E-state index >= 15 is 0 Å². The molecule has 0 aliphatic carbocycles. The average Bonchev–Trinajstić information content (AvgIpc) is 3.39. The number of nitrogens with zero attached hydrogens (tertiary/aromatic N) is 4. The van der Waals surface area contributed by atoms with Gasteiger partial charge in [0.15, 0.2) is 5.82 Å². The van der Waals surface area contributed by atoms with Crippen molar-refractivity contribution >= 4 is 23.3 Å². The van der Waals surface area contributed by atoms with Gasteiger partial charge in [-0.15, -0.1) is 0 Å². The van der Waals surface area contributed by atoms with Gasteiger partial charge in [0.1, 0.15) is 16.5 Å². The van der Waals surface area contributed by atoms with Crippen molar-refractivity contribution in [2.45, 2.75) is 13.5 Å². The van der Waals surface area contributed by atoms with Crippen LogP contribution in [-0.2, 0) is 6.54 Å². The van der Waals surface area contributed by atoms with Crippen LogP contribution in [-0.4, -0.2) is 25.5 Å². The smallest absolute Gasteiger partial charge is 0.261 e. The quantitative estimate of drug-likeness (QED) is 0.314. The van der Waals surface area contributed by atoms with Crippen molar-refractivity contribution in [1.29, 1.82) is 0 Å². The lowest BCUT2D eigenvalue weighted by molar-refractivity contribution is 0.102. The summed E-state index contributed by atoms with van der Waals surface area (Å²) >= 11 is 6.38. The van der Waals surface area contributed by atoms with E-state index in [0.29, 0.717) is 23.5 Å². The van der Waals surface area contributed by atoms with Crippen LogP contribution < -0.4 is 5.32 Å². The van der Waals surface area contributed by atoms with E-state index in [0.717, 1.165) is 16.8 Å². The third-order valence-corrected chi connectivity index (χ3v) is 5.85. The summed E-state index contributed by atoms with van der Waals surface area (Å²) in [6.45, 7) is 2.17. The fourth-order valence-electron chi connectivity index (χ4n) is 3.95. The van der Waals surface area contributed by atoms with E-state index in [-0.39, 0.29) is 22.6 Å². The van der Waals surface area contributed by atoms with Crippen molar-refractivity contribution in [3.05, 3.63) is 119 Å². The van der Waals surface area contributed by atoms with Gasteiger partial charge in [-0.05, 0) is 36.8 Å². The largest absolute Gasteiger partial charge is 0.304 e. The summed E-state index contributed by atoms with van der Waals surface area (Å²) in [6.07, 6.45) is 1.60. The molecule has 0 atom stereocenters. The maximum atomic E-state index is 13.5. The van der Waals surface area contributed by atoms with Crippen LogP contribution >= 0.6 is 11.6 Å². The minimum absolute atomic E-state index is 0.221. The van der Waals surface area contributed by atoms with Crippen LogP contribution in [0.1, 0.15) is 21.6 Å². The van der Waals surface area contributed by atoms with E-state index in [9.17, 15) is 9.18 Å². The number of anilines is 1. The molecule has 1 N–H and O–H groups in total. The Labute approximate surface area is 206 Å². The SMILES string of the molecule is Cc1c(C(=O)Nc2nn(Cc3cccc(F)c3)cc2Cl)c(-c2ccccc2)nn1-c1ccccc1. The number of hydrogen-bond acceptors (Lipinski definition) is 3. The van der Waals surface area contributed by atoms with Crippen LogP contribution in [0.25, 0.3) is 16.9 Å². The molecule has 0 fully saturated rings. The number of aromatic nitrogens is 4. The monoisotopic (exact) mass is 485 g/mol. The molecule has 0 bridgehead atoms. The van der Waals surface area contributed by atoms with Gasteiger partial charge in [0.2, 0.25) is 0 Å². The predicted octanol–water partition coefficient (Wildman–Crippen LogP) is 6.14. The molecule has 0 radical (unpaired) electrons. The molecule has 35 heavy (non-hydrogen) atoms. The zero-order valence-electron chi connectivity index (χ0n) is 18.8. The number of nitrogens with one attached hydrogen (secondary N) is 1. The van der Waals surface area contributed by atoms with Crippen molar-refractivity contribution in [2.24, 2.45) is 0 Å². The van der Waals surface area contributed by atoms with Gasteiger partial charge in [0, 0.05) is 11.8 Å². The summed E-state index contributed by atoms with van der Waals surface area (Å²) in [5.74, 6) is -0.478. The molecule has 0 saturated heterocycles. The molecule has 0 unspecified atom stereocenters. The number of amides is 1. The van der Waals surface area contributed by atoms with Crippen molar-refractivity contribution in [3.8, 4) is 16.9 Å². The van der Waals surface area contributed by atoms with E-state index in [1.54, 1.807) is 27.7 Å². The van der Waals surface area contributed by atoms with Crippen molar-refractivity contribution < 1.29 is 9.18 Å². The molecule has 0 spiro atoms. The molecular formula is C27H21ClFN5O. The number of carbonyl (C=O) groups excluding carboxylic acids is 1. The molecule has 2 aromatic heterocycles. The summed E-state index contributed by atoms with van der Waals surface area (Å²) in [4.78, 5) is 13.5. The Balaban J connectivity index is 1.49. The highest BCUT2D eigenvalue weighted by Gasteiger charge is 2.24. The van der Waals surface area contributed by atoms with E-state index in [2.05, 4.69) is 10.4 Å². The average molecular weight is 486 g/mol. The first-order valence-corrected chi connectivity index (χ1v) is 11.4. The summed E-state index contributed by atoms with van der Waals surface area (Å²) < 4.78 is 16.8. The molecule has 3 aromatic carbocycles. The molecule has 0 aliphatic heterocycles. The van der Waals surface area contributed by atoms with E-state index in [1.807, 2.05) is 67.6 Å². The third-order valence-electron chi connectivity index (χ3n) is 5.57. The lowest BCUT2D eigenvalue weighted by Gasteiger charge is -2.06. The first kappa shape index (κ1) is 22.6. The van der Waals surface area contributed by atoms with E-state index in [1.165, 1.54) is 12.1 Å². The summed E-state index contributed by atoms with van der Waals surface area (Å²) in [5.41, 5.74) is 4.06.